The fourth-order valence-electron chi connectivity index (χ4n) is 2.63. The van der Waals surface area contributed by atoms with Crippen LogP contribution in [0.3, 0.4) is 0 Å². The van der Waals surface area contributed by atoms with E-state index in [-0.39, 0.29) is 23.3 Å². The van der Waals surface area contributed by atoms with Crippen LogP contribution in [0.4, 0.5) is 5.69 Å². The molecule has 0 bridgehead atoms. The number of nitro groups is 1. The molecular formula is C18H17BrN2O4S. The molecule has 2 aromatic carbocycles. The molecule has 3 rings (SSSR count). The Labute approximate surface area is 163 Å². The van der Waals surface area contributed by atoms with Crippen LogP contribution in [0.15, 0.2) is 56.7 Å². The van der Waals surface area contributed by atoms with Crippen LogP contribution in [-0.2, 0) is 4.74 Å². The number of carbonyl (C=O) groups excluding carboxylic acids is 1. The van der Waals surface area contributed by atoms with Gasteiger partial charge in [-0.15, -0.1) is 0 Å². The van der Waals surface area contributed by atoms with Gasteiger partial charge in [0.15, 0.2) is 0 Å². The monoisotopic (exact) mass is 436 g/mol. The molecule has 1 N–H and O–H groups in total. The third kappa shape index (κ3) is 4.84. The standard InChI is InChI=1S/C18H17BrN2O4S/c19-13-4-6-15(7-5-13)26-17-8-3-12(10-16(17)21(23)24)18(22)20-11-14-2-1-9-25-14/h3-8,10,14H,1-2,9,11H2,(H,20,22). The molecule has 1 atom stereocenters. The third-order valence-electron chi connectivity index (χ3n) is 3.97. The van der Waals surface area contributed by atoms with Crippen molar-refractivity contribution >= 4 is 39.3 Å². The number of rotatable bonds is 6. The number of halogens is 1. The first-order valence-electron chi connectivity index (χ1n) is 8.14. The molecule has 0 radical (unpaired) electrons. The van der Waals surface area contributed by atoms with Crippen molar-refractivity contribution in [1.29, 1.82) is 0 Å². The minimum Gasteiger partial charge on any atom is -0.376 e. The second kappa shape index (κ2) is 8.66. The maximum absolute atomic E-state index is 12.3. The topological polar surface area (TPSA) is 81.5 Å². The molecule has 6 nitrogen and oxygen atoms in total. The molecule has 0 spiro atoms. The van der Waals surface area contributed by atoms with Crippen LogP contribution in [0, 0.1) is 10.1 Å². The van der Waals surface area contributed by atoms with Crippen molar-refractivity contribution in [1.82, 2.24) is 5.32 Å². The smallest absolute Gasteiger partial charge is 0.284 e. The summed E-state index contributed by atoms with van der Waals surface area (Å²) in [6.07, 6.45) is 1.94. The van der Waals surface area contributed by atoms with Crippen molar-refractivity contribution in [2.45, 2.75) is 28.7 Å². The molecular weight excluding hydrogens is 420 g/mol. The van der Waals surface area contributed by atoms with Crippen LogP contribution in [0.5, 0.6) is 0 Å². The predicted molar refractivity (Wildman–Crippen MR) is 103 cm³/mol. The highest BCUT2D eigenvalue weighted by Crippen LogP contribution is 2.35. The van der Waals surface area contributed by atoms with E-state index in [1.807, 2.05) is 24.3 Å². The van der Waals surface area contributed by atoms with Gasteiger partial charge < -0.3 is 10.1 Å². The van der Waals surface area contributed by atoms with Crippen LogP contribution < -0.4 is 5.32 Å². The van der Waals surface area contributed by atoms with Gasteiger partial charge >= 0.3 is 0 Å². The fraction of sp³-hybridized carbons (Fsp3) is 0.278. The third-order valence-corrected chi connectivity index (χ3v) is 5.58. The van der Waals surface area contributed by atoms with Crippen LogP contribution in [-0.4, -0.2) is 30.1 Å². The van der Waals surface area contributed by atoms with E-state index in [2.05, 4.69) is 21.2 Å². The number of ether oxygens (including phenoxy) is 1. The van der Waals surface area contributed by atoms with Gasteiger partial charge in [-0.25, -0.2) is 0 Å². The number of benzene rings is 2. The van der Waals surface area contributed by atoms with Gasteiger partial charge in [-0.05, 0) is 49.2 Å². The zero-order chi connectivity index (χ0) is 18.5. The van der Waals surface area contributed by atoms with E-state index in [4.69, 9.17) is 4.74 Å². The van der Waals surface area contributed by atoms with E-state index in [0.717, 1.165) is 22.2 Å². The number of carbonyl (C=O) groups is 1. The number of hydrogen-bond donors (Lipinski definition) is 1. The Hall–Kier alpha value is -1.90. The molecule has 0 aromatic heterocycles. The van der Waals surface area contributed by atoms with Crippen LogP contribution in [0.2, 0.25) is 0 Å². The minimum atomic E-state index is -0.460. The molecule has 8 heteroatoms. The van der Waals surface area contributed by atoms with Crippen LogP contribution >= 0.6 is 27.7 Å². The van der Waals surface area contributed by atoms with Gasteiger partial charge in [0.25, 0.3) is 11.6 Å². The molecule has 0 saturated carbocycles. The molecule has 1 aliphatic heterocycles. The first-order chi connectivity index (χ1) is 12.5. The highest BCUT2D eigenvalue weighted by molar-refractivity contribution is 9.10. The molecule has 1 heterocycles. The highest BCUT2D eigenvalue weighted by Gasteiger charge is 2.20. The van der Waals surface area contributed by atoms with Gasteiger partial charge in [-0.2, -0.15) is 0 Å². The molecule has 1 saturated heterocycles. The molecule has 1 aliphatic rings. The Morgan fingerprint density at radius 3 is 2.73 bits per heavy atom. The molecule has 1 unspecified atom stereocenters. The minimum absolute atomic E-state index is 0.0289. The first-order valence-corrected chi connectivity index (χ1v) is 9.75. The van der Waals surface area contributed by atoms with Gasteiger partial charge in [0.2, 0.25) is 0 Å². The summed E-state index contributed by atoms with van der Waals surface area (Å²) in [5.74, 6) is -0.330. The lowest BCUT2D eigenvalue weighted by molar-refractivity contribution is -0.387. The van der Waals surface area contributed by atoms with Crippen molar-refractivity contribution in [3.8, 4) is 0 Å². The summed E-state index contributed by atoms with van der Waals surface area (Å²) in [6, 6.07) is 12.1. The normalized spacial score (nSPS) is 16.4. The van der Waals surface area contributed by atoms with E-state index >= 15 is 0 Å². The van der Waals surface area contributed by atoms with E-state index in [9.17, 15) is 14.9 Å². The summed E-state index contributed by atoms with van der Waals surface area (Å²) in [7, 11) is 0. The Morgan fingerprint density at radius 2 is 2.08 bits per heavy atom. The van der Waals surface area contributed by atoms with Gasteiger partial charge in [0.1, 0.15) is 0 Å². The van der Waals surface area contributed by atoms with Crippen LogP contribution in [0.1, 0.15) is 23.2 Å². The van der Waals surface area contributed by atoms with E-state index in [1.165, 1.54) is 17.8 Å². The SMILES string of the molecule is O=C(NCC1CCCO1)c1ccc(Sc2ccc(Br)cc2)c([N+](=O)[O-])c1. The molecule has 2 aromatic rings. The van der Waals surface area contributed by atoms with E-state index in [0.29, 0.717) is 18.0 Å². The second-order valence-electron chi connectivity index (χ2n) is 5.84. The van der Waals surface area contributed by atoms with Gasteiger partial charge in [0, 0.05) is 34.1 Å². The lowest BCUT2D eigenvalue weighted by atomic mass is 10.2. The van der Waals surface area contributed by atoms with Gasteiger partial charge in [-0.3, -0.25) is 14.9 Å². The molecule has 1 amide bonds. The Balaban J connectivity index is 1.74. The summed E-state index contributed by atoms with van der Waals surface area (Å²) >= 11 is 4.65. The average molecular weight is 437 g/mol. The Bertz CT molecular complexity index is 807. The molecule has 136 valence electrons. The summed E-state index contributed by atoms with van der Waals surface area (Å²) in [5.41, 5.74) is 0.192. The zero-order valence-corrected chi connectivity index (χ0v) is 16.2. The largest absolute Gasteiger partial charge is 0.376 e. The van der Waals surface area contributed by atoms with Crippen molar-refractivity contribution in [2.75, 3.05) is 13.2 Å². The Morgan fingerprint density at radius 1 is 1.31 bits per heavy atom. The first kappa shape index (κ1) is 18.9. The number of nitrogens with one attached hydrogen (secondary N) is 1. The zero-order valence-electron chi connectivity index (χ0n) is 13.8. The maximum atomic E-state index is 12.3. The number of amides is 1. The maximum Gasteiger partial charge on any atom is 0.284 e. The predicted octanol–water partition coefficient (Wildman–Crippen LogP) is 4.42. The van der Waals surface area contributed by atoms with E-state index < -0.39 is 4.92 Å². The van der Waals surface area contributed by atoms with Gasteiger partial charge in [0.05, 0.1) is 15.9 Å². The van der Waals surface area contributed by atoms with Crippen molar-refractivity contribution < 1.29 is 14.5 Å². The van der Waals surface area contributed by atoms with Crippen LogP contribution in [0.25, 0.3) is 0 Å². The van der Waals surface area contributed by atoms with Gasteiger partial charge in [-0.1, -0.05) is 27.7 Å². The number of hydrogen-bond acceptors (Lipinski definition) is 5. The highest BCUT2D eigenvalue weighted by atomic mass is 79.9. The summed E-state index contributed by atoms with van der Waals surface area (Å²) in [4.78, 5) is 24.6. The second-order valence-corrected chi connectivity index (χ2v) is 7.87. The van der Waals surface area contributed by atoms with Crippen molar-refractivity contribution in [2.24, 2.45) is 0 Å². The quantitative estimate of drug-likeness (QED) is 0.535. The van der Waals surface area contributed by atoms with Crippen molar-refractivity contribution in [3.63, 3.8) is 0 Å². The molecule has 1 fully saturated rings. The number of nitro benzene ring substituents is 1. The fourth-order valence-corrected chi connectivity index (χ4v) is 3.80. The number of nitrogens with zero attached hydrogens (tertiary/aromatic N) is 1. The summed E-state index contributed by atoms with van der Waals surface area (Å²) < 4.78 is 6.40. The van der Waals surface area contributed by atoms with Crippen molar-refractivity contribution in [3.05, 3.63) is 62.6 Å². The average Bonchev–Trinajstić information content (AvgIpc) is 3.15. The van der Waals surface area contributed by atoms with E-state index in [1.54, 1.807) is 12.1 Å². The lowest BCUT2D eigenvalue weighted by Crippen LogP contribution is -2.31. The molecule has 26 heavy (non-hydrogen) atoms. The lowest BCUT2D eigenvalue weighted by Gasteiger charge is -2.11. The molecule has 0 aliphatic carbocycles. The summed E-state index contributed by atoms with van der Waals surface area (Å²) in [6.45, 7) is 1.13. The summed E-state index contributed by atoms with van der Waals surface area (Å²) in [5, 5.41) is 14.2. The Kier molecular flexibility index (Phi) is 6.29.